The van der Waals surface area contributed by atoms with E-state index in [2.05, 4.69) is 0 Å². The summed E-state index contributed by atoms with van der Waals surface area (Å²) in [4.78, 5) is 10.8. The molecule has 0 N–H and O–H groups in total. The molecule has 3 nitrogen and oxygen atoms in total. The highest BCUT2D eigenvalue weighted by molar-refractivity contribution is 5.48. The van der Waals surface area contributed by atoms with Crippen LogP contribution in [0.3, 0.4) is 0 Å². The topological polar surface area (TPSA) is 27.7 Å². The number of hydrogen-bond donors (Lipinski definition) is 0. The summed E-state index contributed by atoms with van der Waals surface area (Å²) in [5.74, 6) is -0.0286. The van der Waals surface area contributed by atoms with Crippen molar-refractivity contribution in [3.63, 3.8) is 0 Å². The Morgan fingerprint density at radius 1 is 0.833 bits per heavy atom. The monoisotopic (exact) mass is 240 g/mol. The molecule has 0 aliphatic carbocycles. The number of para-hydroxylation sites is 1. The second-order valence-corrected chi connectivity index (χ2v) is 4.78. The number of rotatable bonds is 1. The van der Waals surface area contributed by atoms with Crippen molar-refractivity contribution in [1.29, 1.82) is 0 Å². The number of ether oxygens (including phenoxy) is 1. The van der Waals surface area contributed by atoms with Crippen LogP contribution in [0, 0.1) is 0 Å². The van der Waals surface area contributed by atoms with Gasteiger partial charge in [0.25, 0.3) is 0 Å². The number of benzene rings is 2. The molecule has 4 rings (SSSR count). The van der Waals surface area contributed by atoms with Gasteiger partial charge >= 0.3 is 5.79 Å². The van der Waals surface area contributed by atoms with Crippen molar-refractivity contribution in [2.45, 2.75) is 18.3 Å². The van der Waals surface area contributed by atoms with Crippen molar-refractivity contribution in [1.82, 2.24) is 0 Å². The first-order valence-electron chi connectivity index (χ1n) is 5.97. The molecule has 2 heterocycles. The lowest BCUT2D eigenvalue weighted by atomic mass is 9.83. The molecule has 90 valence electrons. The van der Waals surface area contributed by atoms with E-state index in [-0.39, 0.29) is 0 Å². The van der Waals surface area contributed by atoms with E-state index in [0.29, 0.717) is 0 Å². The molecular formula is C15H12O3. The van der Waals surface area contributed by atoms with E-state index >= 15 is 0 Å². The molecule has 0 spiro atoms. The van der Waals surface area contributed by atoms with Gasteiger partial charge in [-0.25, -0.2) is 4.89 Å². The molecule has 1 fully saturated rings. The van der Waals surface area contributed by atoms with Crippen molar-refractivity contribution >= 4 is 0 Å². The quantitative estimate of drug-likeness (QED) is 0.717. The van der Waals surface area contributed by atoms with Crippen LogP contribution < -0.4 is 4.74 Å². The van der Waals surface area contributed by atoms with Crippen LogP contribution in [0.1, 0.15) is 18.1 Å². The van der Waals surface area contributed by atoms with Gasteiger partial charge in [-0.3, -0.25) is 0 Å². The van der Waals surface area contributed by atoms with Crippen molar-refractivity contribution in [2.75, 3.05) is 0 Å². The molecular weight excluding hydrogens is 228 g/mol. The predicted octanol–water partition coefficient (Wildman–Crippen LogP) is 3.11. The van der Waals surface area contributed by atoms with Crippen LogP contribution >= 0.6 is 0 Å². The van der Waals surface area contributed by atoms with Gasteiger partial charge in [-0.2, -0.15) is 4.89 Å². The number of fused-ring (bicyclic) bond motifs is 3. The Hall–Kier alpha value is -1.84. The molecule has 2 aromatic rings. The van der Waals surface area contributed by atoms with Gasteiger partial charge in [-0.1, -0.05) is 48.5 Å². The lowest BCUT2D eigenvalue weighted by Crippen LogP contribution is -2.60. The summed E-state index contributed by atoms with van der Waals surface area (Å²) < 4.78 is 6.04. The molecule has 0 saturated carbocycles. The first-order chi connectivity index (χ1) is 8.76. The van der Waals surface area contributed by atoms with Gasteiger partial charge < -0.3 is 4.74 Å². The van der Waals surface area contributed by atoms with Gasteiger partial charge in [0.2, 0.25) is 5.60 Å². The Bertz CT molecular complexity index is 610. The molecule has 18 heavy (non-hydrogen) atoms. The molecule has 0 bridgehead atoms. The van der Waals surface area contributed by atoms with Gasteiger partial charge in [-0.15, -0.1) is 0 Å². The Labute approximate surface area is 105 Å². The third kappa shape index (κ3) is 0.975. The Balaban J connectivity index is 1.92. The first kappa shape index (κ1) is 10.1. The minimum Gasteiger partial charge on any atom is -0.452 e. The maximum atomic E-state index is 6.04. The first-order valence-corrected chi connectivity index (χ1v) is 5.97. The molecule has 1 saturated heterocycles. The van der Waals surface area contributed by atoms with E-state index in [1.807, 2.05) is 61.5 Å². The predicted molar refractivity (Wildman–Crippen MR) is 64.7 cm³/mol. The van der Waals surface area contributed by atoms with Crippen molar-refractivity contribution in [3.05, 3.63) is 65.7 Å². The summed E-state index contributed by atoms with van der Waals surface area (Å²) in [5.41, 5.74) is 1.42. The smallest absolute Gasteiger partial charge is 0.302 e. The Morgan fingerprint density at radius 3 is 2.28 bits per heavy atom. The molecule has 0 amide bonds. The fourth-order valence-electron chi connectivity index (χ4n) is 2.72. The fraction of sp³-hybridized carbons (Fsp3) is 0.200. The number of hydrogen-bond acceptors (Lipinski definition) is 3. The minimum absolute atomic E-state index is 0.578. The van der Waals surface area contributed by atoms with E-state index in [1.54, 1.807) is 0 Å². The SMILES string of the molecule is CC12OOC1(c1ccccc1)Oc1ccccc12. The zero-order valence-electron chi connectivity index (χ0n) is 9.92. The van der Waals surface area contributed by atoms with E-state index in [4.69, 9.17) is 14.5 Å². The Kier molecular flexibility index (Phi) is 1.76. The van der Waals surface area contributed by atoms with Gasteiger partial charge in [0.1, 0.15) is 5.75 Å². The minimum atomic E-state index is -0.849. The fourth-order valence-corrected chi connectivity index (χ4v) is 2.72. The summed E-state index contributed by atoms with van der Waals surface area (Å²) in [7, 11) is 0. The average Bonchev–Trinajstić information content (AvgIpc) is 2.60. The van der Waals surface area contributed by atoms with E-state index in [0.717, 1.165) is 16.9 Å². The zero-order chi connectivity index (χ0) is 12.2. The van der Waals surface area contributed by atoms with Crippen molar-refractivity contribution in [3.8, 4) is 5.75 Å². The van der Waals surface area contributed by atoms with Gasteiger partial charge in [0.05, 0.1) is 0 Å². The molecule has 0 radical (unpaired) electrons. The van der Waals surface area contributed by atoms with E-state index in [1.165, 1.54) is 0 Å². The highest BCUT2D eigenvalue weighted by Gasteiger charge is 2.70. The molecule has 2 unspecified atom stereocenters. The highest BCUT2D eigenvalue weighted by Crippen LogP contribution is 2.61. The summed E-state index contributed by atoms with van der Waals surface area (Å²) in [6.45, 7) is 2.00. The summed E-state index contributed by atoms with van der Waals surface area (Å²) in [6.07, 6.45) is 0. The van der Waals surface area contributed by atoms with Crippen LogP contribution in [0.2, 0.25) is 0 Å². The molecule has 2 aromatic carbocycles. The summed E-state index contributed by atoms with van der Waals surface area (Å²) >= 11 is 0. The molecule has 2 aliphatic heterocycles. The third-order valence-electron chi connectivity index (χ3n) is 3.76. The highest BCUT2D eigenvalue weighted by atomic mass is 17.3. The van der Waals surface area contributed by atoms with E-state index in [9.17, 15) is 0 Å². The lowest BCUT2D eigenvalue weighted by molar-refractivity contribution is -0.602. The lowest BCUT2D eigenvalue weighted by Gasteiger charge is -2.48. The Morgan fingerprint density at radius 2 is 1.56 bits per heavy atom. The van der Waals surface area contributed by atoms with Gasteiger partial charge in [0, 0.05) is 11.1 Å². The van der Waals surface area contributed by atoms with E-state index < -0.39 is 11.4 Å². The van der Waals surface area contributed by atoms with Crippen LogP contribution in [0.25, 0.3) is 0 Å². The summed E-state index contributed by atoms with van der Waals surface area (Å²) in [6, 6.07) is 17.8. The van der Waals surface area contributed by atoms with Crippen LogP contribution in [0.15, 0.2) is 54.6 Å². The van der Waals surface area contributed by atoms with Crippen LogP contribution in [0.4, 0.5) is 0 Å². The molecule has 3 heteroatoms. The summed E-state index contributed by atoms with van der Waals surface area (Å²) in [5, 5.41) is 0. The molecule has 2 atom stereocenters. The largest absolute Gasteiger partial charge is 0.452 e. The van der Waals surface area contributed by atoms with Crippen molar-refractivity contribution < 1.29 is 14.5 Å². The maximum absolute atomic E-state index is 6.04. The standard InChI is InChI=1S/C15H12O3/c1-14-12-9-5-6-10-13(12)16-15(14,18-17-14)11-7-3-2-4-8-11/h2-10H,1H3. The van der Waals surface area contributed by atoms with Crippen LogP contribution in [-0.2, 0) is 21.2 Å². The van der Waals surface area contributed by atoms with Crippen LogP contribution in [-0.4, -0.2) is 0 Å². The van der Waals surface area contributed by atoms with Crippen molar-refractivity contribution in [2.24, 2.45) is 0 Å². The van der Waals surface area contributed by atoms with Gasteiger partial charge in [0.15, 0.2) is 0 Å². The van der Waals surface area contributed by atoms with Gasteiger partial charge in [-0.05, 0) is 13.0 Å². The average molecular weight is 240 g/mol. The molecule has 0 aromatic heterocycles. The normalized spacial score (nSPS) is 32.1. The molecule has 2 aliphatic rings. The zero-order valence-corrected chi connectivity index (χ0v) is 9.92. The second kappa shape index (κ2) is 3.13. The third-order valence-corrected chi connectivity index (χ3v) is 3.76. The maximum Gasteiger partial charge on any atom is 0.302 e. The van der Waals surface area contributed by atoms with Crippen LogP contribution in [0.5, 0.6) is 5.75 Å². The second-order valence-electron chi connectivity index (χ2n) is 4.78.